The predicted molar refractivity (Wildman–Crippen MR) is 137 cm³/mol. The van der Waals surface area contributed by atoms with Crippen LogP contribution in [0.2, 0.25) is 0 Å². The average molecular weight is 561 g/mol. The van der Waals surface area contributed by atoms with Gasteiger partial charge in [0.1, 0.15) is 6.54 Å². The number of ether oxygens (including phenoxy) is 3. The number of nitrogens with zero attached hydrogens (tertiary/aromatic N) is 3. The van der Waals surface area contributed by atoms with Crippen LogP contribution in [0, 0.1) is 0 Å². The lowest BCUT2D eigenvalue weighted by atomic mass is 10.0. The predicted octanol–water partition coefficient (Wildman–Crippen LogP) is 1.50. The highest BCUT2D eigenvalue weighted by molar-refractivity contribution is 14.0. The zero-order chi connectivity index (χ0) is 22.6. The average Bonchev–Trinajstić information content (AvgIpc) is 2.80. The molecule has 10 heteroatoms. The van der Waals surface area contributed by atoms with E-state index in [1.165, 1.54) is 4.90 Å². The van der Waals surface area contributed by atoms with Gasteiger partial charge < -0.3 is 29.7 Å². The smallest absolute Gasteiger partial charge is 0.243 e. The largest absolute Gasteiger partial charge is 0.493 e. The van der Waals surface area contributed by atoms with E-state index in [2.05, 4.69) is 27.1 Å². The van der Waals surface area contributed by atoms with Crippen LogP contribution in [-0.2, 0) is 9.53 Å². The van der Waals surface area contributed by atoms with E-state index in [1.807, 2.05) is 18.2 Å². The second-order valence-corrected chi connectivity index (χ2v) is 7.28. The van der Waals surface area contributed by atoms with Gasteiger partial charge in [0.05, 0.1) is 33.5 Å². The zero-order valence-corrected chi connectivity index (χ0v) is 21.8. The van der Waals surface area contributed by atoms with Crippen molar-refractivity contribution in [2.24, 2.45) is 4.99 Å². The number of likely N-dealkylation sites (N-methyl/N-ethyl adjacent to an activating group) is 1. The van der Waals surface area contributed by atoms with Crippen molar-refractivity contribution in [3.8, 4) is 11.5 Å². The first kappa shape index (κ1) is 28.0. The van der Waals surface area contributed by atoms with Gasteiger partial charge in [-0.15, -0.1) is 30.6 Å². The minimum Gasteiger partial charge on any atom is -0.493 e. The molecule has 1 atom stereocenters. The minimum absolute atomic E-state index is 0. The number of amides is 1. The number of hydrogen-bond donors (Lipinski definition) is 2. The molecule has 1 aromatic carbocycles. The van der Waals surface area contributed by atoms with E-state index in [-0.39, 0.29) is 42.5 Å². The number of morpholine rings is 1. The Morgan fingerprint density at radius 3 is 2.53 bits per heavy atom. The summed E-state index contributed by atoms with van der Waals surface area (Å²) in [4.78, 5) is 20.3. The summed E-state index contributed by atoms with van der Waals surface area (Å²) in [7, 11) is 6.69. The normalized spacial score (nSPS) is 15.2. The molecule has 0 aromatic heterocycles. The Morgan fingerprint density at radius 2 is 1.94 bits per heavy atom. The number of carbonyl (C=O) groups is 1. The van der Waals surface area contributed by atoms with Crippen LogP contribution in [0.3, 0.4) is 0 Å². The Labute approximate surface area is 208 Å². The van der Waals surface area contributed by atoms with Gasteiger partial charge in [-0.25, -0.2) is 4.99 Å². The molecule has 0 radical (unpaired) electrons. The van der Waals surface area contributed by atoms with Gasteiger partial charge in [-0.05, 0) is 17.7 Å². The molecule has 32 heavy (non-hydrogen) atoms. The maximum absolute atomic E-state index is 12.0. The fraction of sp³-hybridized carbons (Fsp3) is 0.545. The molecule has 0 bridgehead atoms. The third-order valence-corrected chi connectivity index (χ3v) is 5.03. The maximum Gasteiger partial charge on any atom is 0.243 e. The van der Waals surface area contributed by atoms with E-state index in [4.69, 9.17) is 14.2 Å². The number of hydrogen-bond acceptors (Lipinski definition) is 6. The summed E-state index contributed by atoms with van der Waals surface area (Å²) in [5, 5.41) is 6.55. The molecule has 0 saturated carbocycles. The third kappa shape index (κ3) is 8.47. The standard InChI is InChI=1S/C22H35N5O4.HI/c1-6-9-23-22(25-16-21(28)26(2)3)24-15-18(27-10-12-31-13-11-27)17-7-8-19(29-4)20(14-17)30-5;/h6-8,14,18H,1,9-13,15-16H2,2-5H3,(H2,23,24,25);1H. The summed E-state index contributed by atoms with van der Waals surface area (Å²) < 4.78 is 16.4. The second kappa shape index (κ2) is 14.9. The topological polar surface area (TPSA) is 87.7 Å². The third-order valence-electron chi connectivity index (χ3n) is 5.03. The molecule has 1 aromatic rings. The first-order chi connectivity index (χ1) is 15.0. The lowest BCUT2D eigenvalue weighted by Crippen LogP contribution is -2.46. The van der Waals surface area contributed by atoms with Crippen LogP contribution in [0.15, 0.2) is 35.8 Å². The van der Waals surface area contributed by atoms with E-state index in [1.54, 1.807) is 34.4 Å². The molecule has 2 rings (SSSR count). The van der Waals surface area contributed by atoms with Crippen LogP contribution in [0.25, 0.3) is 0 Å². The molecule has 1 aliphatic heterocycles. The summed E-state index contributed by atoms with van der Waals surface area (Å²) in [5.41, 5.74) is 1.10. The lowest BCUT2D eigenvalue weighted by Gasteiger charge is -2.35. The highest BCUT2D eigenvalue weighted by atomic mass is 127. The van der Waals surface area contributed by atoms with Gasteiger partial charge in [0.15, 0.2) is 17.5 Å². The molecule has 1 amide bonds. The van der Waals surface area contributed by atoms with E-state index >= 15 is 0 Å². The Morgan fingerprint density at radius 1 is 1.25 bits per heavy atom. The number of carbonyl (C=O) groups excluding carboxylic acids is 1. The molecule has 2 N–H and O–H groups in total. The number of rotatable bonds is 10. The summed E-state index contributed by atoms with van der Waals surface area (Å²) in [6, 6.07) is 6.03. The van der Waals surface area contributed by atoms with E-state index < -0.39 is 0 Å². The summed E-state index contributed by atoms with van der Waals surface area (Å²) in [5.74, 6) is 1.88. The molecule has 9 nitrogen and oxygen atoms in total. The van der Waals surface area contributed by atoms with Crippen molar-refractivity contribution >= 4 is 35.8 Å². The maximum atomic E-state index is 12.0. The van der Waals surface area contributed by atoms with Gasteiger partial charge in [0.25, 0.3) is 0 Å². The van der Waals surface area contributed by atoms with Crippen molar-refractivity contribution in [3.05, 3.63) is 36.4 Å². The van der Waals surface area contributed by atoms with Gasteiger partial charge in [-0.1, -0.05) is 12.1 Å². The quantitative estimate of drug-likeness (QED) is 0.194. The molecular formula is C22H36IN5O4. The molecule has 1 unspecified atom stereocenters. The molecule has 180 valence electrons. The van der Waals surface area contributed by atoms with Crippen LogP contribution < -0.4 is 20.1 Å². The SMILES string of the molecule is C=CCNC(=NCC(=O)N(C)C)NCC(c1ccc(OC)c(OC)c1)N1CCOCC1.I. The van der Waals surface area contributed by atoms with Crippen LogP contribution in [0.4, 0.5) is 0 Å². The van der Waals surface area contributed by atoms with Gasteiger partial charge in [0, 0.05) is 40.3 Å². The van der Waals surface area contributed by atoms with Crippen molar-refractivity contribution in [2.45, 2.75) is 6.04 Å². The molecule has 0 spiro atoms. The van der Waals surface area contributed by atoms with Gasteiger partial charge in [-0.3, -0.25) is 9.69 Å². The molecule has 1 saturated heterocycles. The number of guanidine groups is 1. The number of halogens is 1. The highest BCUT2D eigenvalue weighted by Gasteiger charge is 2.24. The van der Waals surface area contributed by atoms with Crippen molar-refractivity contribution < 1.29 is 19.0 Å². The Kier molecular flexibility index (Phi) is 13.0. The van der Waals surface area contributed by atoms with Crippen molar-refractivity contribution in [1.82, 2.24) is 20.4 Å². The van der Waals surface area contributed by atoms with Crippen molar-refractivity contribution in [2.75, 3.05) is 74.3 Å². The summed E-state index contributed by atoms with van der Waals surface area (Å²) in [6.07, 6.45) is 1.75. The number of methoxy groups -OCH3 is 2. The molecular weight excluding hydrogens is 525 g/mol. The summed E-state index contributed by atoms with van der Waals surface area (Å²) >= 11 is 0. The first-order valence-electron chi connectivity index (χ1n) is 10.4. The monoisotopic (exact) mass is 561 g/mol. The fourth-order valence-electron chi connectivity index (χ4n) is 3.23. The van der Waals surface area contributed by atoms with Gasteiger partial charge in [0.2, 0.25) is 5.91 Å². The van der Waals surface area contributed by atoms with E-state index in [0.717, 1.165) is 18.7 Å². The molecule has 0 aliphatic carbocycles. The van der Waals surface area contributed by atoms with Gasteiger partial charge in [-0.2, -0.15) is 0 Å². The number of nitrogens with one attached hydrogen (secondary N) is 2. The van der Waals surface area contributed by atoms with Crippen molar-refractivity contribution in [1.29, 1.82) is 0 Å². The van der Waals surface area contributed by atoms with Crippen molar-refractivity contribution in [3.63, 3.8) is 0 Å². The fourth-order valence-corrected chi connectivity index (χ4v) is 3.23. The Balaban J connectivity index is 0.00000512. The first-order valence-corrected chi connectivity index (χ1v) is 10.4. The van der Waals surface area contributed by atoms with Crippen LogP contribution in [0.5, 0.6) is 11.5 Å². The highest BCUT2D eigenvalue weighted by Crippen LogP contribution is 2.32. The number of aliphatic imine (C=N–C) groups is 1. The van der Waals surface area contributed by atoms with Crippen LogP contribution in [-0.4, -0.2) is 95.9 Å². The molecule has 1 fully saturated rings. The zero-order valence-electron chi connectivity index (χ0n) is 19.4. The number of benzene rings is 1. The Bertz CT molecular complexity index is 754. The second-order valence-electron chi connectivity index (χ2n) is 7.28. The lowest BCUT2D eigenvalue weighted by molar-refractivity contribution is -0.127. The summed E-state index contributed by atoms with van der Waals surface area (Å²) in [6.45, 7) is 7.98. The van der Waals surface area contributed by atoms with Gasteiger partial charge >= 0.3 is 0 Å². The van der Waals surface area contributed by atoms with E-state index in [9.17, 15) is 4.79 Å². The minimum atomic E-state index is -0.0654. The van der Waals surface area contributed by atoms with Crippen LogP contribution in [0.1, 0.15) is 11.6 Å². The van der Waals surface area contributed by atoms with E-state index in [0.29, 0.717) is 43.8 Å². The molecule has 1 heterocycles. The van der Waals surface area contributed by atoms with Crippen LogP contribution >= 0.6 is 24.0 Å². The Hall–Kier alpha value is -2.05. The molecule has 1 aliphatic rings.